The van der Waals surface area contributed by atoms with Crippen molar-refractivity contribution in [3.05, 3.63) is 47.1 Å². The van der Waals surface area contributed by atoms with Crippen LogP contribution in [0.4, 0.5) is 0 Å². The standard InChI is InChI=1S/C16H21N3O/c1-10(2)9-14(17)16-18-15(19-20-16)13-8-7-11-5-3-4-6-12(11)13/h3-6,10,13-14H,7-9,17H2,1-2H3. The van der Waals surface area contributed by atoms with E-state index in [4.69, 9.17) is 10.3 Å². The number of aromatic nitrogens is 2. The molecule has 1 aliphatic carbocycles. The van der Waals surface area contributed by atoms with Gasteiger partial charge in [-0.05, 0) is 36.3 Å². The summed E-state index contributed by atoms with van der Waals surface area (Å²) in [6.45, 7) is 4.29. The zero-order valence-corrected chi connectivity index (χ0v) is 12.0. The zero-order valence-electron chi connectivity index (χ0n) is 12.0. The normalized spacial score (nSPS) is 19.3. The molecule has 106 valence electrons. The third-order valence-electron chi connectivity index (χ3n) is 3.94. The molecular formula is C16H21N3O. The van der Waals surface area contributed by atoms with Crippen LogP contribution in [-0.4, -0.2) is 10.1 Å². The van der Waals surface area contributed by atoms with E-state index in [0.717, 1.165) is 25.1 Å². The molecule has 2 aromatic rings. The van der Waals surface area contributed by atoms with Crippen LogP contribution in [0.5, 0.6) is 0 Å². The van der Waals surface area contributed by atoms with Crippen molar-refractivity contribution in [2.45, 2.75) is 45.1 Å². The van der Waals surface area contributed by atoms with Gasteiger partial charge in [-0.3, -0.25) is 0 Å². The first kappa shape index (κ1) is 13.3. The summed E-state index contributed by atoms with van der Waals surface area (Å²) in [5.74, 6) is 2.13. The molecule has 0 aliphatic heterocycles. The number of hydrogen-bond donors (Lipinski definition) is 1. The molecule has 1 aromatic heterocycles. The van der Waals surface area contributed by atoms with Gasteiger partial charge in [0, 0.05) is 5.92 Å². The Bertz CT molecular complexity index is 591. The van der Waals surface area contributed by atoms with Gasteiger partial charge in [0.1, 0.15) is 0 Å². The van der Waals surface area contributed by atoms with Gasteiger partial charge in [0.2, 0.25) is 5.89 Å². The van der Waals surface area contributed by atoms with Gasteiger partial charge in [-0.2, -0.15) is 4.98 Å². The molecule has 0 saturated carbocycles. The molecule has 0 radical (unpaired) electrons. The molecule has 1 aromatic carbocycles. The van der Waals surface area contributed by atoms with E-state index in [1.165, 1.54) is 11.1 Å². The number of benzene rings is 1. The largest absolute Gasteiger partial charge is 0.338 e. The second-order valence-corrected chi connectivity index (χ2v) is 6.02. The average molecular weight is 271 g/mol. The summed E-state index contributed by atoms with van der Waals surface area (Å²) in [4.78, 5) is 4.54. The summed E-state index contributed by atoms with van der Waals surface area (Å²) < 4.78 is 5.37. The predicted octanol–water partition coefficient (Wildman–Crippen LogP) is 3.19. The van der Waals surface area contributed by atoms with E-state index in [-0.39, 0.29) is 12.0 Å². The lowest BCUT2D eigenvalue weighted by molar-refractivity contribution is 0.331. The van der Waals surface area contributed by atoms with Gasteiger partial charge in [-0.1, -0.05) is 43.3 Å². The quantitative estimate of drug-likeness (QED) is 0.927. The fourth-order valence-corrected chi connectivity index (χ4v) is 2.97. The van der Waals surface area contributed by atoms with Crippen LogP contribution in [0.25, 0.3) is 0 Å². The second-order valence-electron chi connectivity index (χ2n) is 6.02. The van der Waals surface area contributed by atoms with E-state index >= 15 is 0 Å². The summed E-state index contributed by atoms with van der Waals surface area (Å²) in [5, 5.41) is 4.16. The van der Waals surface area contributed by atoms with E-state index in [2.05, 4.69) is 48.3 Å². The number of aryl methyl sites for hydroxylation is 1. The minimum Gasteiger partial charge on any atom is -0.338 e. The van der Waals surface area contributed by atoms with Crippen molar-refractivity contribution in [1.82, 2.24) is 10.1 Å². The molecule has 1 heterocycles. The minimum atomic E-state index is -0.159. The molecule has 4 heteroatoms. The molecule has 2 atom stereocenters. The van der Waals surface area contributed by atoms with Crippen molar-refractivity contribution in [3.63, 3.8) is 0 Å². The lowest BCUT2D eigenvalue weighted by Gasteiger charge is -2.09. The summed E-state index contributed by atoms with van der Waals surface area (Å²) in [5.41, 5.74) is 8.84. The molecule has 2 N–H and O–H groups in total. The molecule has 0 fully saturated rings. The highest BCUT2D eigenvalue weighted by atomic mass is 16.5. The van der Waals surface area contributed by atoms with Crippen LogP contribution in [0.15, 0.2) is 28.8 Å². The van der Waals surface area contributed by atoms with Crippen molar-refractivity contribution in [2.75, 3.05) is 0 Å². The van der Waals surface area contributed by atoms with Gasteiger partial charge in [-0.25, -0.2) is 0 Å². The first-order valence-corrected chi connectivity index (χ1v) is 7.32. The van der Waals surface area contributed by atoms with Crippen LogP contribution in [0.3, 0.4) is 0 Å². The Balaban J connectivity index is 1.81. The maximum atomic E-state index is 6.11. The van der Waals surface area contributed by atoms with Crippen LogP contribution >= 0.6 is 0 Å². The zero-order chi connectivity index (χ0) is 14.1. The highest BCUT2D eigenvalue weighted by molar-refractivity contribution is 5.38. The fourth-order valence-electron chi connectivity index (χ4n) is 2.97. The lowest BCUT2D eigenvalue weighted by atomic mass is 10.0. The Morgan fingerprint density at radius 3 is 2.95 bits per heavy atom. The van der Waals surface area contributed by atoms with Crippen LogP contribution in [0, 0.1) is 5.92 Å². The molecule has 4 nitrogen and oxygen atoms in total. The average Bonchev–Trinajstić information content (AvgIpc) is 3.04. The minimum absolute atomic E-state index is 0.159. The maximum absolute atomic E-state index is 6.11. The predicted molar refractivity (Wildman–Crippen MR) is 77.3 cm³/mol. The van der Waals surface area contributed by atoms with Gasteiger partial charge in [0.25, 0.3) is 0 Å². The van der Waals surface area contributed by atoms with E-state index in [9.17, 15) is 0 Å². The third kappa shape index (κ3) is 2.48. The molecule has 0 saturated heterocycles. The van der Waals surface area contributed by atoms with Crippen molar-refractivity contribution >= 4 is 0 Å². The SMILES string of the molecule is CC(C)CC(N)c1nc(C2CCc3ccccc32)no1. The van der Waals surface area contributed by atoms with Gasteiger partial charge in [-0.15, -0.1) is 0 Å². The van der Waals surface area contributed by atoms with E-state index in [1.807, 2.05) is 0 Å². The summed E-state index contributed by atoms with van der Waals surface area (Å²) >= 11 is 0. The molecule has 3 rings (SSSR count). The molecular weight excluding hydrogens is 250 g/mol. The fraction of sp³-hybridized carbons (Fsp3) is 0.500. The second kappa shape index (κ2) is 5.37. The monoisotopic (exact) mass is 271 g/mol. The lowest BCUT2D eigenvalue weighted by Crippen LogP contribution is -2.13. The first-order valence-electron chi connectivity index (χ1n) is 7.32. The van der Waals surface area contributed by atoms with Crippen molar-refractivity contribution in [1.29, 1.82) is 0 Å². The topological polar surface area (TPSA) is 64.9 Å². The van der Waals surface area contributed by atoms with E-state index in [1.54, 1.807) is 0 Å². The van der Waals surface area contributed by atoms with Gasteiger partial charge < -0.3 is 10.3 Å². The highest BCUT2D eigenvalue weighted by Crippen LogP contribution is 2.36. The first-order chi connectivity index (χ1) is 9.65. The Hall–Kier alpha value is -1.68. The van der Waals surface area contributed by atoms with Crippen molar-refractivity contribution in [3.8, 4) is 0 Å². The summed E-state index contributed by atoms with van der Waals surface area (Å²) in [6, 6.07) is 8.34. The van der Waals surface area contributed by atoms with Crippen LogP contribution in [0.2, 0.25) is 0 Å². The molecule has 20 heavy (non-hydrogen) atoms. The summed E-state index contributed by atoms with van der Waals surface area (Å²) in [6.07, 6.45) is 3.00. The van der Waals surface area contributed by atoms with Crippen molar-refractivity contribution in [2.24, 2.45) is 11.7 Å². The van der Waals surface area contributed by atoms with Gasteiger partial charge in [0.05, 0.1) is 6.04 Å². The van der Waals surface area contributed by atoms with E-state index < -0.39 is 0 Å². The Morgan fingerprint density at radius 1 is 1.35 bits per heavy atom. The number of rotatable bonds is 4. The van der Waals surface area contributed by atoms with Gasteiger partial charge in [0.15, 0.2) is 5.82 Å². The molecule has 0 bridgehead atoms. The molecule has 0 spiro atoms. The van der Waals surface area contributed by atoms with Crippen molar-refractivity contribution < 1.29 is 4.52 Å². The van der Waals surface area contributed by atoms with Crippen LogP contribution in [0.1, 0.15) is 61.5 Å². The van der Waals surface area contributed by atoms with Gasteiger partial charge >= 0.3 is 0 Å². The Kier molecular flexibility index (Phi) is 3.57. The summed E-state index contributed by atoms with van der Waals surface area (Å²) in [7, 11) is 0. The van der Waals surface area contributed by atoms with Crippen LogP contribution < -0.4 is 5.73 Å². The maximum Gasteiger partial charge on any atom is 0.243 e. The van der Waals surface area contributed by atoms with Crippen LogP contribution in [-0.2, 0) is 6.42 Å². The smallest absolute Gasteiger partial charge is 0.243 e. The number of hydrogen-bond acceptors (Lipinski definition) is 4. The molecule has 1 aliphatic rings. The Morgan fingerprint density at radius 2 is 2.15 bits per heavy atom. The Labute approximate surface area is 119 Å². The molecule has 0 amide bonds. The number of fused-ring (bicyclic) bond motifs is 1. The van der Waals surface area contributed by atoms with E-state index in [0.29, 0.717) is 11.8 Å². The molecule has 2 unspecified atom stereocenters. The third-order valence-corrected chi connectivity index (χ3v) is 3.94. The highest BCUT2D eigenvalue weighted by Gasteiger charge is 2.28. The number of nitrogens with zero attached hydrogens (tertiary/aromatic N) is 2. The number of nitrogens with two attached hydrogens (primary N) is 1.